The molecule has 1 aromatic heterocycles. The Morgan fingerprint density at radius 2 is 1.69 bits per heavy atom. The third-order valence-corrected chi connectivity index (χ3v) is 7.38. The number of nitrogens with one attached hydrogen (secondary N) is 1. The number of carbonyl (C=O) groups is 2. The van der Waals surface area contributed by atoms with Gasteiger partial charge in [0.05, 0.1) is 11.6 Å². The molecule has 12 heteroatoms. The lowest BCUT2D eigenvalue weighted by atomic mass is 9.83. The second kappa shape index (κ2) is 10.4. The Hall–Kier alpha value is -3.83. The van der Waals surface area contributed by atoms with Gasteiger partial charge < -0.3 is 14.6 Å². The van der Waals surface area contributed by atoms with E-state index in [0.717, 1.165) is 12.1 Å². The van der Waals surface area contributed by atoms with Crippen LogP contribution < -0.4 is 10.2 Å². The Morgan fingerprint density at radius 1 is 1.00 bits per heavy atom. The van der Waals surface area contributed by atoms with Crippen molar-refractivity contribution >= 4 is 23.3 Å². The van der Waals surface area contributed by atoms with Crippen molar-refractivity contribution in [3.63, 3.8) is 0 Å². The second-order valence-corrected chi connectivity index (χ2v) is 9.90. The molecule has 0 spiro atoms. The molecule has 2 fully saturated rings. The largest absolute Gasteiger partial charge is 0.416 e. The summed E-state index contributed by atoms with van der Waals surface area (Å²) in [4.78, 5) is 26.2. The molecule has 1 aliphatic carbocycles. The molecule has 2 aliphatic rings. The minimum atomic E-state index is -4.45. The lowest BCUT2D eigenvalue weighted by Crippen LogP contribution is -2.62. The highest BCUT2D eigenvalue weighted by molar-refractivity contribution is 5.89. The number of aromatic nitrogens is 2. The van der Waals surface area contributed by atoms with E-state index in [1.807, 2.05) is 6.92 Å². The molecule has 1 unspecified atom stereocenters. The molecule has 0 radical (unpaired) electrons. The van der Waals surface area contributed by atoms with E-state index in [9.17, 15) is 22.8 Å². The maximum Gasteiger partial charge on any atom is 0.416 e. The first kappa shape index (κ1) is 26.8. The molecular formula is C27H25F5N4O3. The number of benzene rings is 2. The van der Waals surface area contributed by atoms with E-state index in [4.69, 9.17) is 4.42 Å². The Morgan fingerprint density at radius 3 is 2.33 bits per heavy atom. The molecule has 3 atom stereocenters. The van der Waals surface area contributed by atoms with Crippen LogP contribution >= 0.6 is 0 Å². The summed E-state index contributed by atoms with van der Waals surface area (Å²) in [6.07, 6.45) is -3.43. The fourth-order valence-corrected chi connectivity index (χ4v) is 5.08. The van der Waals surface area contributed by atoms with Gasteiger partial charge in [0.1, 0.15) is 23.2 Å². The smallest absolute Gasteiger partial charge is 0.403 e. The third kappa shape index (κ3) is 5.50. The summed E-state index contributed by atoms with van der Waals surface area (Å²) in [5.74, 6) is -2.85. The molecule has 39 heavy (non-hydrogen) atoms. The molecule has 3 aromatic rings. The molecule has 1 aliphatic heterocycles. The number of rotatable bonds is 5. The van der Waals surface area contributed by atoms with Crippen molar-refractivity contribution in [3.05, 3.63) is 59.2 Å². The van der Waals surface area contributed by atoms with E-state index in [1.165, 1.54) is 24.3 Å². The number of halogens is 5. The lowest BCUT2D eigenvalue weighted by molar-refractivity contribution is -0.137. The molecule has 2 aromatic carbocycles. The SMILES string of the molecule is C[C@@H]1[C@@H](Nc2nnc(-c3ccc(C(F)(F)F)cc3)o2)CN1c1cc(F)c(C2CCC(=O)CCCC2=O)c(F)c1. The van der Waals surface area contributed by atoms with Crippen LogP contribution in [-0.4, -0.2) is 40.4 Å². The van der Waals surface area contributed by atoms with Gasteiger partial charge in [-0.25, -0.2) is 8.78 Å². The van der Waals surface area contributed by atoms with Crippen LogP contribution in [0, 0.1) is 11.6 Å². The van der Waals surface area contributed by atoms with Gasteiger partial charge in [0, 0.05) is 54.6 Å². The number of anilines is 2. The summed E-state index contributed by atoms with van der Waals surface area (Å²) in [7, 11) is 0. The van der Waals surface area contributed by atoms with Crippen molar-refractivity contribution in [2.24, 2.45) is 0 Å². The van der Waals surface area contributed by atoms with Crippen LogP contribution in [0.1, 0.15) is 56.1 Å². The highest BCUT2D eigenvalue weighted by atomic mass is 19.4. The van der Waals surface area contributed by atoms with Crippen molar-refractivity contribution in [3.8, 4) is 11.5 Å². The summed E-state index contributed by atoms with van der Waals surface area (Å²) >= 11 is 0. The van der Waals surface area contributed by atoms with E-state index in [-0.39, 0.29) is 60.4 Å². The molecule has 1 saturated heterocycles. The first-order chi connectivity index (χ1) is 18.5. The molecule has 1 saturated carbocycles. The predicted molar refractivity (Wildman–Crippen MR) is 131 cm³/mol. The van der Waals surface area contributed by atoms with Gasteiger partial charge in [-0.1, -0.05) is 5.10 Å². The summed E-state index contributed by atoms with van der Waals surface area (Å²) in [6, 6.07) is 6.36. The number of hydrogen-bond acceptors (Lipinski definition) is 7. The number of hydrogen-bond donors (Lipinski definition) is 1. The molecule has 5 rings (SSSR count). The molecule has 0 bridgehead atoms. The van der Waals surface area contributed by atoms with Gasteiger partial charge in [0.25, 0.3) is 0 Å². The Balaban J connectivity index is 1.24. The normalized spacial score (nSPS) is 22.3. The summed E-state index contributed by atoms with van der Waals surface area (Å²) in [5.41, 5.74) is -0.447. The van der Waals surface area contributed by atoms with Gasteiger partial charge in [0.15, 0.2) is 0 Å². The van der Waals surface area contributed by atoms with Gasteiger partial charge >= 0.3 is 12.2 Å². The number of Topliss-reactive ketones (excluding diaryl/α,β-unsaturated/α-hetero) is 2. The number of carbonyl (C=O) groups excluding carboxylic acids is 2. The van der Waals surface area contributed by atoms with Crippen LogP contribution in [0.4, 0.5) is 33.7 Å². The van der Waals surface area contributed by atoms with Crippen molar-refractivity contribution in [2.45, 2.75) is 63.2 Å². The van der Waals surface area contributed by atoms with Crippen LogP contribution in [-0.2, 0) is 15.8 Å². The standard InChI is InChI=1S/C27H25F5N4O3/c1-14-22(33-26-35-34-25(39-26)15-5-7-16(8-6-15)27(30,31)32)13-36(14)17-11-20(28)24(21(29)12-17)19-10-9-18(37)3-2-4-23(19)38/h5-8,11-12,14,19,22H,2-4,9-10,13H2,1H3,(H,33,35)/t14-,19?,22+/m1/s1. The van der Waals surface area contributed by atoms with Crippen LogP contribution in [0.15, 0.2) is 40.8 Å². The van der Waals surface area contributed by atoms with Crippen molar-refractivity contribution < 1.29 is 36.0 Å². The Kier molecular flexibility index (Phi) is 7.13. The van der Waals surface area contributed by atoms with Gasteiger partial charge in [-0.3, -0.25) is 9.59 Å². The quantitative estimate of drug-likeness (QED) is 0.397. The first-order valence-corrected chi connectivity index (χ1v) is 12.6. The monoisotopic (exact) mass is 548 g/mol. The summed E-state index contributed by atoms with van der Waals surface area (Å²) in [5, 5.41) is 10.8. The van der Waals surface area contributed by atoms with Gasteiger partial charge in [0.2, 0.25) is 5.89 Å². The zero-order chi connectivity index (χ0) is 27.9. The van der Waals surface area contributed by atoms with E-state index in [1.54, 1.807) is 4.90 Å². The molecule has 2 heterocycles. The average Bonchev–Trinajstić information content (AvgIpc) is 3.35. The van der Waals surface area contributed by atoms with Crippen LogP contribution in [0.25, 0.3) is 11.5 Å². The topological polar surface area (TPSA) is 88.3 Å². The lowest BCUT2D eigenvalue weighted by Gasteiger charge is -2.48. The van der Waals surface area contributed by atoms with Crippen molar-refractivity contribution in [1.29, 1.82) is 0 Å². The van der Waals surface area contributed by atoms with Gasteiger partial charge in [-0.2, -0.15) is 13.2 Å². The number of nitrogens with zero attached hydrogens (tertiary/aromatic N) is 3. The minimum absolute atomic E-state index is 0.00869. The van der Waals surface area contributed by atoms with Crippen LogP contribution in [0.5, 0.6) is 0 Å². The van der Waals surface area contributed by atoms with Crippen molar-refractivity contribution in [1.82, 2.24) is 10.2 Å². The number of ketones is 2. The van der Waals surface area contributed by atoms with Gasteiger partial charge in [-0.05, 0) is 56.2 Å². The fourth-order valence-electron chi connectivity index (χ4n) is 5.08. The van der Waals surface area contributed by atoms with E-state index in [0.29, 0.717) is 30.6 Å². The maximum atomic E-state index is 15.1. The zero-order valence-electron chi connectivity index (χ0n) is 20.9. The predicted octanol–water partition coefficient (Wildman–Crippen LogP) is 5.91. The third-order valence-electron chi connectivity index (χ3n) is 7.38. The molecular weight excluding hydrogens is 523 g/mol. The maximum absolute atomic E-state index is 15.1. The second-order valence-electron chi connectivity index (χ2n) is 9.90. The minimum Gasteiger partial charge on any atom is -0.403 e. The van der Waals surface area contributed by atoms with Crippen molar-refractivity contribution in [2.75, 3.05) is 16.8 Å². The summed E-state index contributed by atoms with van der Waals surface area (Å²) in [6.45, 7) is 2.19. The highest BCUT2D eigenvalue weighted by Gasteiger charge is 2.38. The molecule has 206 valence electrons. The fraction of sp³-hybridized carbons (Fsp3) is 0.407. The first-order valence-electron chi connectivity index (χ1n) is 12.6. The summed E-state index contributed by atoms with van der Waals surface area (Å²) < 4.78 is 74.1. The Labute approximate surface area is 220 Å². The van der Waals surface area contributed by atoms with Gasteiger partial charge in [-0.15, -0.1) is 5.10 Å². The van der Waals surface area contributed by atoms with E-state index >= 15 is 8.78 Å². The molecule has 1 N–H and O–H groups in total. The van der Waals surface area contributed by atoms with Crippen LogP contribution in [0.3, 0.4) is 0 Å². The molecule has 0 amide bonds. The average molecular weight is 549 g/mol. The van der Waals surface area contributed by atoms with E-state index < -0.39 is 29.3 Å². The zero-order valence-corrected chi connectivity index (χ0v) is 20.9. The van der Waals surface area contributed by atoms with Crippen LogP contribution in [0.2, 0.25) is 0 Å². The Bertz CT molecular complexity index is 1370. The van der Waals surface area contributed by atoms with E-state index in [2.05, 4.69) is 15.5 Å². The highest BCUT2D eigenvalue weighted by Crippen LogP contribution is 2.36. The molecule has 7 nitrogen and oxygen atoms in total. The number of alkyl halides is 3.